The summed E-state index contributed by atoms with van der Waals surface area (Å²) in [5.41, 5.74) is 0.435. The first-order valence-corrected chi connectivity index (χ1v) is 5.98. The number of Topliss-reactive ketones (excluding diaryl/α,β-unsaturated/α-hetero) is 1. The Labute approximate surface area is 102 Å². The van der Waals surface area contributed by atoms with E-state index in [0.717, 1.165) is 0 Å². The zero-order valence-corrected chi connectivity index (χ0v) is 10.0. The number of carbonyl (C=O) groups excluding carboxylic acids is 1. The maximum atomic E-state index is 11.8. The van der Waals surface area contributed by atoms with Gasteiger partial charge in [0.25, 0.3) is 5.56 Å². The van der Waals surface area contributed by atoms with Crippen LogP contribution in [0.2, 0.25) is 0 Å². The van der Waals surface area contributed by atoms with E-state index in [2.05, 4.69) is 9.97 Å². The molecule has 0 saturated heterocycles. The minimum absolute atomic E-state index is 0.00834. The lowest BCUT2D eigenvalue weighted by Gasteiger charge is -2.01. The van der Waals surface area contributed by atoms with Crippen LogP contribution in [0, 0.1) is 0 Å². The molecule has 0 aromatic carbocycles. The predicted molar refractivity (Wildman–Crippen MR) is 65.3 cm³/mol. The molecule has 0 spiro atoms. The van der Waals surface area contributed by atoms with E-state index in [9.17, 15) is 9.59 Å². The zero-order chi connectivity index (χ0) is 12.3. The minimum atomic E-state index is -0.214. The molecular formula is C11H11N3O2S. The van der Waals surface area contributed by atoms with Crippen LogP contribution in [0.25, 0.3) is 0 Å². The number of carbonyl (C=O) groups is 1. The average molecular weight is 249 g/mol. The second-order valence-corrected chi connectivity index (χ2v) is 4.42. The van der Waals surface area contributed by atoms with Crippen LogP contribution in [-0.4, -0.2) is 26.1 Å². The van der Waals surface area contributed by atoms with Crippen molar-refractivity contribution in [2.45, 2.75) is 5.16 Å². The standard InChI is InChI=1S/C11H11N3O2S/c1-14-6-2-3-8(14)9(15)7-17-11-12-5-4-10(16)13-11/h2-6H,7H2,1H3,(H,12,13,16). The molecule has 0 fully saturated rings. The molecule has 0 unspecified atom stereocenters. The number of hydrogen-bond donors (Lipinski definition) is 1. The van der Waals surface area contributed by atoms with Crippen molar-refractivity contribution >= 4 is 17.5 Å². The van der Waals surface area contributed by atoms with E-state index >= 15 is 0 Å². The van der Waals surface area contributed by atoms with Gasteiger partial charge in [-0.25, -0.2) is 4.98 Å². The third-order valence-electron chi connectivity index (χ3n) is 2.22. The molecule has 0 atom stereocenters. The monoisotopic (exact) mass is 249 g/mol. The number of aryl methyl sites for hydroxylation is 1. The van der Waals surface area contributed by atoms with Gasteiger partial charge in [-0.1, -0.05) is 11.8 Å². The number of ketones is 1. The second-order valence-electron chi connectivity index (χ2n) is 3.46. The lowest BCUT2D eigenvalue weighted by Crippen LogP contribution is -2.10. The molecule has 0 aliphatic carbocycles. The summed E-state index contributed by atoms with van der Waals surface area (Å²) >= 11 is 1.22. The Morgan fingerprint density at radius 2 is 2.35 bits per heavy atom. The first-order chi connectivity index (χ1) is 8.16. The highest BCUT2D eigenvalue weighted by molar-refractivity contribution is 7.99. The number of nitrogens with one attached hydrogen (secondary N) is 1. The highest BCUT2D eigenvalue weighted by atomic mass is 32.2. The van der Waals surface area contributed by atoms with Crippen LogP contribution in [-0.2, 0) is 7.05 Å². The van der Waals surface area contributed by atoms with Crippen LogP contribution >= 0.6 is 11.8 Å². The number of aromatic amines is 1. The molecule has 2 rings (SSSR count). The summed E-state index contributed by atoms with van der Waals surface area (Å²) < 4.78 is 1.77. The second kappa shape index (κ2) is 5.01. The molecule has 0 amide bonds. The molecule has 17 heavy (non-hydrogen) atoms. The van der Waals surface area contributed by atoms with Gasteiger partial charge in [0.2, 0.25) is 0 Å². The van der Waals surface area contributed by atoms with Crippen molar-refractivity contribution in [2.24, 2.45) is 7.05 Å². The molecule has 0 aliphatic rings. The Morgan fingerprint density at radius 1 is 1.53 bits per heavy atom. The first-order valence-electron chi connectivity index (χ1n) is 4.99. The quantitative estimate of drug-likeness (QED) is 0.500. The van der Waals surface area contributed by atoms with Crippen LogP contribution in [0.15, 0.2) is 40.5 Å². The number of hydrogen-bond acceptors (Lipinski definition) is 4. The molecule has 1 N–H and O–H groups in total. The normalized spacial score (nSPS) is 10.4. The largest absolute Gasteiger partial charge is 0.348 e. The van der Waals surface area contributed by atoms with Crippen LogP contribution < -0.4 is 5.56 Å². The lowest BCUT2D eigenvalue weighted by molar-refractivity contribution is 0.101. The maximum absolute atomic E-state index is 11.8. The number of thioether (sulfide) groups is 1. The van der Waals surface area contributed by atoms with Gasteiger partial charge in [-0.15, -0.1) is 0 Å². The van der Waals surface area contributed by atoms with Gasteiger partial charge in [-0.3, -0.25) is 9.59 Å². The molecule has 2 aromatic heterocycles. The Bertz CT molecular complexity index is 588. The molecule has 0 radical (unpaired) electrons. The summed E-state index contributed by atoms with van der Waals surface area (Å²) in [5.74, 6) is 0.263. The summed E-state index contributed by atoms with van der Waals surface area (Å²) in [6.45, 7) is 0. The fraction of sp³-hybridized carbons (Fsp3) is 0.182. The van der Waals surface area contributed by atoms with Crippen molar-refractivity contribution in [1.29, 1.82) is 0 Å². The van der Waals surface area contributed by atoms with E-state index in [1.54, 1.807) is 10.6 Å². The van der Waals surface area contributed by atoms with Gasteiger partial charge in [0.05, 0.1) is 11.4 Å². The fourth-order valence-corrected chi connectivity index (χ4v) is 2.11. The maximum Gasteiger partial charge on any atom is 0.251 e. The van der Waals surface area contributed by atoms with Crippen molar-refractivity contribution in [2.75, 3.05) is 5.75 Å². The van der Waals surface area contributed by atoms with E-state index < -0.39 is 0 Å². The van der Waals surface area contributed by atoms with E-state index in [0.29, 0.717) is 10.9 Å². The third kappa shape index (κ3) is 2.85. The fourth-order valence-electron chi connectivity index (χ4n) is 1.38. The van der Waals surface area contributed by atoms with Crippen LogP contribution in [0.4, 0.5) is 0 Å². The average Bonchev–Trinajstić information content (AvgIpc) is 2.72. The van der Waals surface area contributed by atoms with Crippen molar-refractivity contribution < 1.29 is 4.79 Å². The molecule has 5 nitrogen and oxygen atoms in total. The minimum Gasteiger partial charge on any atom is -0.348 e. The molecule has 88 valence electrons. The Morgan fingerprint density at radius 3 is 3.00 bits per heavy atom. The van der Waals surface area contributed by atoms with Crippen LogP contribution in [0.5, 0.6) is 0 Å². The predicted octanol–water partition coefficient (Wildman–Crippen LogP) is 1.08. The number of aromatic nitrogens is 3. The molecule has 0 bridgehead atoms. The summed E-state index contributed by atoms with van der Waals surface area (Å²) in [5, 5.41) is 0.458. The molecule has 6 heteroatoms. The lowest BCUT2D eigenvalue weighted by atomic mass is 10.3. The molecular weight excluding hydrogens is 238 g/mol. The van der Waals surface area contributed by atoms with E-state index in [1.165, 1.54) is 24.0 Å². The van der Waals surface area contributed by atoms with E-state index in [1.807, 2.05) is 19.3 Å². The highest BCUT2D eigenvalue weighted by Gasteiger charge is 2.10. The summed E-state index contributed by atoms with van der Waals surface area (Å²) in [7, 11) is 1.82. The van der Waals surface area contributed by atoms with Crippen LogP contribution in [0.3, 0.4) is 0 Å². The van der Waals surface area contributed by atoms with Gasteiger partial charge >= 0.3 is 0 Å². The number of rotatable bonds is 4. The Hall–Kier alpha value is -1.82. The van der Waals surface area contributed by atoms with E-state index in [4.69, 9.17) is 0 Å². The smallest absolute Gasteiger partial charge is 0.251 e. The van der Waals surface area contributed by atoms with Gasteiger partial charge in [0.1, 0.15) is 0 Å². The number of nitrogens with zero attached hydrogens (tertiary/aromatic N) is 2. The molecule has 0 saturated carbocycles. The molecule has 0 aliphatic heterocycles. The van der Waals surface area contributed by atoms with Crippen molar-refractivity contribution in [1.82, 2.24) is 14.5 Å². The zero-order valence-electron chi connectivity index (χ0n) is 9.21. The van der Waals surface area contributed by atoms with E-state index in [-0.39, 0.29) is 17.1 Å². The first kappa shape index (κ1) is 11.7. The SMILES string of the molecule is Cn1cccc1C(=O)CSc1nccc(=O)[nH]1. The van der Waals surface area contributed by atoms with Crippen molar-refractivity contribution in [3.8, 4) is 0 Å². The summed E-state index contributed by atoms with van der Waals surface area (Å²) in [6, 6.07) is 4.92. The number of H-pyrrole nitrogens is 1. The van der Waals surface area contributed by atoms with Crippen LogP contribution in [0.1, 0.15) is 10.5 Å². The van der Waals surface area contributed by atoms with Gasteiger partial charge in [0.15, 0.2) is 10.9 Å². The topological polar surface area (TPSA) is 67.8 Å². The van der Waals surface area contributed by atoms with Gasteiger partial charge < -0.3 is 9.55 Å². The summed E-state index contributed by atoms with van der Waals surface area (Å²) in [6.07, 6.45) is 3.24. The summed E-state index contributed by atoms with van der Waals surface area (Å²) in [4.78, 5) is 29.4. The van der Waals surface area contributed by atoms with Crippen molar-refractivity contribution in [3.63, 3.8) is 0 Å². The Balaban J connectivity index is 2.02. The van der Waals surface area contributed by atoms with Gasteiger partial charge in [-0.2, -0.15) is 0 Å². The molecule has 2 heterocycles. The third-order valence-corrected chi connectivity index (χ3v) is 3.10. The van der Waals surface area contributed by atoms with Gasteiger partial charge in [-0.05, 0) is 12.1 Å². The van der Waals surface area contributed by atoms with Gasteiger partial charge in [0, 0.05) is 25.5 Å². The molecule has 2 aromatic rings. The Kier molecular flexibility index (Phi) is 3.43. The van der Waals surface area contributed by atoms with Crippen molar-refractivity contribution in [3.05, 3.63) is 46.6 Å². The highest BCUT2D eigenvalue weighted by Crippen LogP contribution is 2.13.